The molecule has 0 saturated carbocycles. The van der Waals surface area contributed by atoms with Crippen LogP contribution < -0.4 is 0 Å². The van der Waals surface area contributed by atoms with Crippen LogP contribution in [-0.2, 0) is 11.4 Å². The van der Waals surface area contributed by atoms with E-state index in [1.54, 1.807) is 24.3 Å². The molecule has 0 atom stereocenters. The third-order valence-corrected chi connectivity index (χ3v) is 3.89. The topological polar surface area (TPSA) is 21.6 Å². The minimum atomic E-state index is 0.193. The van der Waals surface area contributed by atoms with E-state index in [0.717, 1.165) is 11.1 Å². The predicted octanol–water partition coefficient (Wildman–Crippen LogP) is 5.81. The second kappa shape index (κ2) is 7.90. The van der Waals surface area contributed by atoms with Crippen molar-refractivity contribution >= 4 is 52.1 Å². The lowest BCUT2D eigenvalue weighted by Crippen LogP contribution is -2.05. The predicted molar refractivity (Wildman–Crippen MR) is 90.0 cm³/mol. The van der Waals surface area contributed by atoms with Gasteiger partial charge in [0, 0.05) is 26.2 Å². The molecule has 0 aliphatic carbocycles. The van der Waals surface area contributed by atoms with E-state index in [9.17, 15) is 0 Å². The second-order valence-electron chi connectivity index (χ2n) is 4.16. The van der Waals surface area contributed by atoms with Gasteiger partial charge in [0.1, 0.15) is 12.3 Å². The zero-order valence-corrected chi connectivity index (χ0v) is 13.8. The average Bonchev–Trinajstić information content (AvgIpc) is 2.47. The summed E-state index contributed by atoms with van der Waals surface area (Å²) in [7, 11) is 0. The largest absolute Gasteiger partial charge is 0.391 e. The molecule has 0 unspecified atom stereocenters. The number of alkyl halides is 1. The summed E-state index contributed by atoms with van der Waals surface area (Å²) < 4.78 is 0. The molecule has 0 aliphatic heterocycles. The Morgan fingerprint density at radius 1 is 1.00 bits per heavy atom. The average molecular weight is 363 g/mol. The molecule has 0 bridgehead atoms. The van der Waals surface area contributed by atoms with Crippen LogP contribution in [0.3, 0.4) is 0 Å². The van der Waals surface area contributed by atoms with Crippen molar-refractivity contribution in [1.29, 1.82) is 0 Å². The third-order valence-electron chi connectivity index (χ3n) is 2.72. The molecule has 6 heteroatoms. The Labute approximate surface area is 143 Å². The van der Waals surface area contributed by atoms with Gasteiger partial charge in [0.05, 0.1) is 5.88 Å². The second-order valence-corrected chi connectivity index (χ2v) is 5.68. The molecule has 0 amide bonds. The quantitative estimate of drug-likeness (QED) is 0.373. The summed E-state index contributed by atoms with van der Waals surface area (Å²) >= 11 is 23.9. The maximum absolute atomic E-state index is 6.11. The van der Waals surface area contributed by atoms with E-state index >= 15 is 0 Å². The molecule has 0 spiro atoms. The molecular weight excluding hydrogens is 352 g/mol. The summed E-state index contributed by atoms with van der Waals surface area (Å²) in [5, 5.41) is 5.72. The summed E-state index contributed by atoms with van der Waals surface area (Å²) in [6.45, 7) is 0.223. The van der Waals surface area contributed by atoms with Crippen LogP contribution in [-0.4, -0.2) is 11.6 Å². The lowest BCUT2D eigenvalue weighted by molar-refractivity contribution is 0.130. The Balaban J connectivity index is 2.10. The molecule has 0 fully saturated rings. The standard InChI is InChI=1S/C15H11Cl4NO/c16-8-15(12-3-1-2-4-13(12)18)20-21-9-10-5-6-11(17)7-14(10)19/h1-7H,8-9H2/b20-15+. The highest BCUT2D eigenvalue weighted by atomic mass is 35.5. The van der Waals surface area contributed by atoms with Crippen LogP contribution in [0.1, 0.15) is 11.1 Å². The van der Waals surface area contributed by atoms with E-state index < -0.39 is 0 Å². The van der Waals surface area contributed by atoms with E-state index in [2.05, 4.69) is 5.16 Å². The van der Waals surface area contributed by atoms with Gasteiger partial charge in [-0.15, -0.1) is 11.6 Å². The van der Waals surface area contributed by atoms with Crippen molar-refractivity contribution in [1.82, 2.24) is 0 Å². The number of hydrogen-bond donors (Lipinski definition) is 0. The van der Waals surface area contributed by atoms with E-state index in [1.165, 1.54) is 0 Å². The number of nitrogens with zero attached hydrogens (tertiary/aromatic N) is 1. The Bertz CT molecular complexity index is 658. The number of hydrogen-bond acceptors (Lipinski definition) is 2. The maximum atomic E-state index is 6.11. The first-order valence-electron chi connectivity index (χ1n) is 6.05. The third kappa shape index (κ3) is 4.52. The highest BCUT2D eigenvalue weighted by molar-refractivity contribution is 6.38. The molecular formula is C15H11Cl4NO. The first kappa shape index (κ1) is 16.4. The van der Waals surface area contributed by atoms with Crippen LogP contribution in [0, 0.1) is 0 Å². The molecule has 2 rings (SSSR count). The molecule has 0 saturated heterocycles. The van der Waals surface area contributed by atoms with Gasteiger partial charge in [0.2, 0.25) is 0 Å². The van der Waals surface area contributed by atoms with E-state index in [1.807, 2.05) is 18.2 Å². The van der Waals surface area contributed by atoms with Gasteiger partial charge in [0.15, 0.2) is 0 Å². The fourth-order valence-electron chi connectivity index (χ4n) is 1.66. The number of rotatable bonds is 5. The lowest BCUT2D eigenvalue weighted by Gasteiger charge is -2.07. The molecule has 0 radical (unpaired) electrons. The van der Waals surface area contributed by atoms with Gasteiger partial charge >= 0.3 is 0 Å². The van der Waals surface area contributed by atoms with Gasteiger partial charge in [-0.2, -0.15) is 0 Å². The molecule has 21 heavy (non-hydrogen) atoms. The fraction of sp³-hybridized carbons (Fsp3) is 0.133. The number of benzene rings is 2. The van der Waals surface area contributed by atoms with Gasteiger partial charge in [-0.1, -0.05) is 64.2 Å². The highest BCUT2D eigenvalue weighted by Gasteiger charge is 2.08. The summed E-state index contributed by atoms with van der Waals surface area (Å²) in [4.78, 5) is 5.32. The fourth-order valence-corrected chi connectivity index (χ4v) is 2.56. The highest BCUT2D eigenvalue weighted by Crippen LogP contribution is 2.22. The van der Waals surface area contributed by atoms with Gasteiger partial charge in [-0.3, -0.25) is 0 Å². The zero-order valence-electron chi connectivity index (χ0n) is 10.8. The van der Waals surface area contributed by atoms with Crippen LogP contribution in [0.15, 0.2) is 47.6 Å². The van der Waals surface area contributed by atoms with Crippen LogP contribution in [0.2, 0.25) is 15.1 Å². The summed E-state index contributed by atoms with van der Waals surface area (Å²) in [5.74, 6) is 0.193. The summed E-state index contributed by atoms with van der Waals surface area (Å²) in [5.41, 5.74) is 2.10. The monoisotopic (exact) mass is 361 g/mol. The number of oxime groups is 1. The van der Waals surface area contributed by atoms with Crippen molar-refractivity contribution < 1.29 is 4.84 Å². The maximum Gasteiger partial charge on any atom is 0.143 e. The van der Waals surface area contributed by atoms with Crippen molar-refractivity contribution in [3.8, 4) is 0 Å². The SMILES string of the molecule is ClC/C(=N\OCc1ccc(Cl)cc1Cl)c1ccccc1Cl. The lowest BCUT2D eigenvalue weighted by atomic mass is 10.1. The van der Waals surface area contributed by atoms with Crippen LogP contribution in [0.4, 0.5) is 0 Å². The molecule has 0 N–H and O–H groups in total. The Kier molecular flexibility index (Phi) is 6.19. The zero-order chi connectivity index (χ0) is 15.2. The van der Waals surface area contributed by atoms with Crippen molar-refractivity contribution in [2.24, 2.45) is 5.16 Å². The minimum absolute atomic E-state index is 0.193. The Hall–Kier alpha value is -0.930. The van der Waals surface area contributed by atoms with Gasteiger partial charge in [-0.25, -0.2) is 0 Å². The minimum Gasteiger partial charge on any atom is -0.391 e. The van der Waals surface area contributed by atoms with Crippen LogP contribution >= 0.6 is 46.4 Å². The smallest absolute Gasteiger partial charge is 0.143 e. The summed E-state index contributed by atoms with van der Waals surface area (Å²) in [6, 6.07) is 12.5. The molecule has 2 aromatic rings. The molecule has 2 aromatic carbocycles. The van der Waals surface area contributed by atoms with Crippen LogP contribution in [0.25, 0.3) is 0 Å². The van der Waals surface area contributed by atoms with Gasteiger partial charge in [-0.05, 0) is 18.2 Å². The Morgan fingerprint density at radius 3 is 2.43 bits per heavy atom. The first-order chi connectivity index (χ1) is 10.1. The van der Waals surface area contributed by atoms with Crippen LogP contribution in [0.5, 0.6) is 0 Å². The number of halogens is 4. The Morgan fingerprint density at radius 2 is 1.76 bits per heavy atom. The molecule has 0 aliphatic rings. The van der Waals surface area contributed by atoms with Crippen molar-refractivity contribution in [2.75, 3.05) is 5.88 Å². The van der Waals surface area contributed by atoms with E-state index in [-0.39, 0.29) is 12.5 Å². The molecule has 110 valence electrons. The van der Waals surface area contributed by atoms with Gasteiger partial charge < -0.3 is 4.84 Å². The summed E-state index contributed by atoms with van der Waals surface area (Å²) in [6.07, 6.45) is 0. The molecule has 0 heterocycles. The van der Waals surface area contributed by atoms with E-state index in [4.69, 9.17) is 51.2 Å². The molecule has 0 aromatic heterocycles. The van der Waals surface area contributed by atoms with Crippen molar-refractivity contribution in [3.05, 3.63) is 68.7 Å². The normalized spacial score (nSPS) is 11.5. The molecule has 2 nitrogen and oxygen atoms in total. The first-order valence-corrected chi connectivity index (χ1v) is 7.72. The van der Waals surface area contributed by atoms with Crippen molar-refractivity contribution in [3.63, 3.8) is 0 Å². The van der Waals surface area contributed by atoms with E-state index in [0.29, 0.717) is 20.8 Å². The van der Waals surface area contributed by atoms with Crippen molar-refractivity contribution in [2.45, 2.75) is 6.61 Å². The van der Waals surface area contributed by atoms with Gasteiger partial charge in [0.25, 0.3) is 0 Å².